The van der Waals surface area contributed by atoms with E-state index in [0.29, 0.717) is 17.1 Å². The van der Waals surface area contributed by atoms with E-state index in [-0.39, 0.29) is 5.69 Å². The van der Waals surface area contributed by atoms with Gasteiger partial charge in [-0.25, -0.2) is 4.98 Å². The second-order valence-electron chi connectivity index (χ2n) is 4.04. The molecule has 0 saturated carbocycles. The minimum Gasteiger partial charge on any atom is -0.330 e. The summed E-state index contributed by atoms with van der Waals surface area (Å²) in [5.41, 5.74) is 2.42. The molecule has 0 unspecified atom stereocenters. The summed E-state index contributed by atoms with van der Waals surface area (Å²) in [4.78, 5) is 14.7. The molecule has 94 valence electrons. The van der Waals surface area contributed by atoms with Gasteiger partial charge in [0.2, 0.25) is 0 Å². The van der Waals surface area contributed by atoms with Crippen molar-refractivity contribution in [1.82, 2.24) is 9.55 Å². The number of imidazole rings is 1. The van der Waals surface area contributed by atoms with E-state index in [1.54, 1.807) is 18.5 Å². The van der Waals surface area contributed by atoms with Crippen LogP contribution >= 0.6 is 11.6 Å². The number of nitrogens with zero attached hydrogens (tertiary/aromatic N) is 3. The number of aromatic nitrogens is 2. The van der Waals surface area contributed by atoms with Crippen molar-refractivity contribution in [3.05, 3.63) is 56.6 Å². The second-order valence-corrected chi connectivity index (χ2v) is 4.45. The van der Waals surface area contributed by atoms with Gasteiger partial charge in [0.1, 0.15) is 0 Å². The maximum absolute atomic E-state index is 11.0. The van der Waals surface area contributed by atoms with E-state index in [2.05, 4.69) is 4.98 Å². The molecule has 6 heteroatoms. The smallest absolute Gasteiger partial charge is 0.275 e. The van der Waals surface area contributed by atoms with Crippen molar-refractivity contribution in [2.24, 2.45) is 0 Å². The van der Waals surface area contributed by atoms with Gasteiger partial charge in [-0.05, 0) is 19.9 Å². The van der Waals surface area contributed by atoms with E-state index < -0.39 is 4.92 Å². The number of hydrogen-bond acceptors (Lipinski definition) is 3. The fourth-order valence-corrected chi connectivity index (χ4v) is 1.98. The Hall–Kier alpha value is -1.88. The average Bonchev–Trinajstić information content (AvgIpc) is 2.63. The van der Waals surface area contributed by atoms with Crippen molar-refractivity contribution in [3.63, 3.8) is 0 Å². The second kappa shape index (κ2) is 4.78. The summed E-state index contributed by atoms with van der Waals surface area (Å²) >= 11 is 6.04. The quantitative estimate of drug-likeness (QED) is 0.633. The molecular formula is C12H12ClN3O2. The summed E-state index contributed by atoms with van der Waals surface area (Å²) in [6, 6.07) is 4.69. The Bertz CT molecular complexity index is 607. The van der Waals surface area contributed by atoms with Crippen LogP contribution in [0.25, 0.3) is 0 Å². The maximum atomic E-state index is 11.0. The Morgan fingerprint density at radius 3 is 2.72 bits per heavy atom. The first kappa shape index (κ1) is 12.6. The monoisotopic (exact) mass is 265 g/mol. The zero-order valence-electron chi connectivity index (χ0n) is 10.1. The van der Waals surface area contributed by atoms with E-state index in [1.807, 2.05) is 18.4 Å². The molecule has 2 aromatic rings. The molecular weight excluding hydrogens is 254 g/mol. The molecule has 0 fully saturated rings. The summed E-state index contributed by atoms with van der Waals surface area (Å²) in [6.45, 7) is 4.17. The summed E-state index contributed by atoms with van der Waals surface area (Å²) in [5, 5.41) is 11.4. The molecule has 1 aromatic carbocycles. The number of halogens is 1. The van der Waals surface area contributed by atoms with Crippen molar-refractivity contribution < 1.29 is 4.92 Å². The Morgan fingerprint density at radius 2 is 2.17 bits per heavy atom. The van der Waals surface area contributed by atoms with Gasteiger partial charge in [-0.3, -0.25) is 10.1 Å². The topological polar surface area (TPSA) is 61.0 Å². The van der Waals surface area contributed by atoms with Crippen LogP contribution in [-0.4, -0.2) is 14.5 Å². The van der Waals surface area contributed by atoms with Crippen LogP contribution in [0.15, 0.2) is 24.5 Å². The maximum Gasteiger partial charge on any atom is 0.275 e. The van der Waals surface area contributed by atoms with Gasteiger partial charge in [0.05, 0.1) is 34.1 Å². The normalized spacial score (nSPS) is 10.6. The van der Waals surface area contributed by atoms with Crippen LogP contribution in [0.5, 0.6) is 0 Å². The lowest BCUT2D eigenvalue weighted by Crippen LogP contribution is -2.04. The minimum absolute atomic E-state index is 0.0354. The number of nitro groups is 1. The molecule has 5 nitrogen and oxygen atoms in total. The highest BCUT2D eigenvalue weighted by atomic mass is 35.5. The van der Waals surface area contributed by atoms with Gasteiger partial charge in [-0.15, -0.1) is 0 Å². The molecule has 2 rings (SSSR count). The van der Waals surface area contributed by atoms with Crippen molar-refractivity contribution in [2.45, 2.75) is 20.4 Å². The number of benzene rings is 1. The molecule has 0 aliphatic heterocycles. The van der Waals surface area contributed by atoms with Gasteiger partial charge in [0.15, 0.2) is 0 Å². The van der Waals surface area contributed by atoms with Crippen LogP contribution in [0.4, 0.5) is 5.69 Å². The number of rotatable bonds is 3. The highest BCUT2D eigenvalue weighted by molar-refractivity contribution is 6.31. The van der Waals surface area contributed by atoms with E-state index in [0.717, 1.165) is 11.4 Å². The van der Waals surface area contributed by atoms with Crippen LogP contribution in [0.3, 0.4) is 0 Å². The fraction of sp³-hybridized carbons (Fsp3) is 0.250. The molecule has 0 amide bonds. The van der Waals surface area contributed by atoms with Gasteiger partial charge >= 0.3 is 0 Å². The summed E-state index contributed by atoms with van der Waals surface area (Å²) in [7, 11) is 0. The first-order chi connectivity index (χ1) is 8.50. The molecule has 0 aliphatic carbocycles. The van der Waals surface area contributed by atoms with Crippen molar-refractivity contribution in [3.8, 4) is 0 Å². The minimum atomic E-state index is -0.416. The van der Waals surface area contributed by atoms with E-state index in [1.165, 1.54) is 6.07 Å². The number of nitro benzene ring substituents is 1. The van der Waals surface area contributed by atoms with Crippen molar-refractivity contribution in [1.29, 1.82) is 0 Å². The predicted octanol–water partition coefficient (Wildman–Crippen LogP) is 3.11. The van der Waals surface area contributed by atoms with E-state index in [9.17, 15) is 10.1 Å². The average molecular weight is 266 g/mol. The van der Waals surface area contributed by atoms with E-state index in [4.69, 9.17) is 11.6 Å². The lowest BCUT2D eigenvalue weighted by atomic mass is 10.1. The van der Waals surface area contributed by atoms with E-state index >= 15 is 0 Å². The highest BCUT2D eigenvalue weighted by Gasteiger charge is 2.17. The first-order valence-corrected chi connectivity index (χ1v) is 5.78. The van der Waals surface area contributed by atoms with Gasteiger partial charge in [0.25, 0.3) is 5.69 Å². The lowest BCUT2D eigenvalue weighted by molar-refractivity contribution is -0.385. The highest BCUT2D eigenvalue weighted by Crippen LogP contribution is 2.27. The number of aryl methyl sites for hydroxylation is 1. The summed E-state index contributed by atoms with van der Waals surface area (Å²) in [6.07, 6.45) is 1.66. The van der Waals surface area contributed by atoms with Crippen molar-refractivity contribution in [2.75, 3.05) is 0 Å². The molecule has 0 aliphatic rings. The van der Waals surface area contributed by atoms with Crippen LogP contribution in [0.2, 0.25) is 5.02 Å². The number of hydrogen-bond donors (Lipinski definition) is 0. The van der Waals surface area contributed by atoms with Crippen LogP contribution in [0, 0.1) is 24.0 Å². The third-order valence-corrected chi connectivity index (χ3v) is 3.32. The molecule has 18 heavy (non-hydrogen) atoms. The van der Waals surface area contributed by atoms with Crippen LogP contribution in [-0.2, 0) is 6.54 Å². The third-order valence-electron chi connectivity index (χ3n) is 2.96. The van der Waals surface area contributed by atoms with Gasteiger partial charge < -0.3 is 4.57 Å². The Kier molecular flexibility index (Phi) is 3.34. The molecule has 0 atom stereocenters. The Balaban J connectivity index is 2.46. The van der Waals surface area contributed by atoms with Gasteiger partial charge in [-0.1, -0.05) is 17.7 Å². The van der Waals surface area contributed by atoms with Gasteiger partial charge in [-0.2, -0.15) is 0 Å². The van der Waals surface area contributed by atoms with Crippen LogP contribution < -0.4 is 0 Å². The van der Waals surface area contributed by atoms with Crippen LogP contribution in [0.1, 0.15) is 17.0 Å². The van der Waals surface area contributed by atoms with Gasteiger partial charge in [0, 0.05) is 11.8 Å². The molecule has 0 spiro atoms. The molecule has 0 bridgehead atoms. The molecule has 0 saturated heterocycles. The lowest BCUT2D eigenvalue weighted by Gasteiger charge is -2.08. The molecule has 1 heterocycles. The predicted molar refractivity (Wildman–Crippen MR) is 68.9 cm³/mol. The molecule has 1 aromatic heterocycles. The van der Waals surface area contributed by atoms with Crippen molar-refractivity contribution >= 4 is 17.3 Å². The first-order valence-electron chi connectivity index (χ1n) is 5.41. The summed E-state index contributed by atoms with van der Waals surface area (Å²) < 4.78 is 1.85. The fourth-order valence-electron chi connectivity index (χ4n) is 1.75. The summed E-state index contributed by atoms with van der Waals surface area (Å²) in [5.74, 6) is 0. The third kappa shape index (κ3) is 2.22. The molecule has 0 N–H and O–H groups in total. The standard InChI is InChI=1S/C12H12ClN3O2/c1-8-9(2)15(7-14-8)6-10-11(13)4-3-5-12(10)16(17)18/h3-5,7H,6H2,1-2H3. The zero-order chi connectivity index (χ0) is 13.3. The Labute approximate surface area is 109 Å². The largest absolute Gasteiger partial charge is 0.330 e. The SMILES string of the molecule is Cc1ncn(Cc2c(Cl)cccc2[N+](=O)[O-])c1C. The zero-order valence-corrected chi connectivity index (χ0v) is 10.8. The Morgan fingerprint density at radius 1 is 1.44 bits per heavy atom. The molecule has 0 radical (unpaired) electrons.